The molecular weight excluding hydrogens is 266 g/mol. The summed E-state index contributed by atoms with van der Waals surface area (Å²) in [7, 11) is 4.43. The van der Waals surface area contributed by atoms with Crippen molar-refractivity contribution in [2.75, 3.05) is 40.3 Å². The summed E-state index contributed by atoms with van der Waals surface area (Å²) in [6.07, 6.45) is 2.38. The summed E-state index contributed by atoms with van der Waals surface area (Å²) in [5.74, 6) is 1.37. The van der Waals surface area contributed by atoms with Crippen molar-refractivity contribution in [1.82, 2.24) is 14.8 Å². The van der Waals surface area contributed by atoms with Gasteiger partial charge in [-0.3, -0.25) is 0 Å². The van der Waals surface area contributed by atoms with Gasteiger partial charge in [0.2, 0.25) is 0 Å². The molecule has 1 fully saturated rings. The Hall–Kier alpha value is -0.160. The van der Waals surface area contributed by atoms with Crippen LogP contribution in [0.25, 0.3) is 0 Å². The van der Waals surface area contributed by atoms with Gasteiger partial charge in [-0.15, -0.1) is 22.9 Å². The maximum absolute atomic E-state index is 5.76. The highest BCUT2D eigenvalue weighted by atomic mass is 35.5. The first kappa shape index (κ1) is 14.3. The van der Waals surface area contributed by atoms with Crippen LogP contribution >= 0.6 is 22.9 Å². The van der Waals surface area contributed by atoms with Gasteiger partial charge in [0.05, 0.1) is 16.6 Å². The lowest BCUT2D eigenvalue weighted by Gasteiger charge is -2.20. The molecule has 0 saturated carbocycles. The van der Waals surface area contributed by atoms with E-state index in [0.29, 0.717) is 5.88 Å². The van der Waals surface area contributed by atoms with Crippen LogP contribution in [-0.4, -0.2) is 55.1 Å². The first-order valence-corrected chi connectivity index (χ1v) is 7.95. The second-order valence-electron chi connectivity index (χ2n) is 5.30. The Labute approximate surface area is 119 Å². The molecule has 1 aliphatic rings. The van der Waals surface area contributed by atoms with E-state index in [-0.39, 0.29) is 0 Å². The van der Waals surface area contributed by atoms with E-state index in [1.54, 1.807) is 11.3 Å². The van der Waals surface area contributed by atoms with Crippen LogP contribution in [0.4, 0.5) is 0 Å². The summed E-state index contributed by atoms with van der Waals surface area (Å²) in [6, 6.07) is 0. The zero-order valence-electron chi connectivity index (χ0n) is 11.2. The molecule has 2 rings (SSSR count). The smallest absolute Gasteiger partial charge is 0.0941 e. The maximum atomic E-state index is 5.76. The molecule has 0 aromatic carbocycles. The van der Waals surface area contributed by atoms with Gasteiger partial charge in [0.1, 0.15) is 0 Å². The lowest BCUT2D eigenvalue weighted by Crippen LogP contribution is -2.29. The van der Waals surface area contributed by atoms with Crippen LogP contribution in [0.2, 0.25) is 0 Å². The van der Waals surface area contributed by atoms with E-state index in [4.69, 9.17) is 11.6 Å². The second-order valence-corrected chi connectivity index (χ2v) is 6.51. The molecule has 1 aromatic heterocycles. The first-order valence-electron chi connectivity index (χ1n) is 6.53. The standard InChI is InChI=1S/C13H22ClN3S/c1-16-5-3-11(8-16)9-17(2)6-4-13-15-12(7-14)10-18-13/h10-11H,3-9H2,1-2H3. The minimum atomic E-state index is 0.529. The third-order valence-corrected chi connectivity index (χ3v) is 4.73. The molecule has 1 aromatic rings. The summed E-state index contributed by atoms with van der Waals surface area (Å²) in [5.41, 5.74) is 1.01. The van der Waals surface area contributed by atoms with Crippen LogP contribution in [0, 0.1) is 5.92 Å². The van der Waals surface area contributed by atoms with E-state index in [1.807, 2.05) is 0 Å². The van der Waals surface area contributed by atoms with Crippen molar-refractivity contribution in [3.05, 3.63) is 16.1 Å². The van der Waals surface area contributed by atoms with Gasteiger partial charge in [-0.2, -0.15) is 0 Å². The van der Waals surface area contributed by atoms with Gasteiger partial charge < -0.3 is 9.80 Å². The van der Waals surface area contributed by atoms with Crippen LogP contribution in [0.1, 0.15) is 17.1 Å². The normalized spacial score (nSPS) is 21.0. The third-order valence-electron chi connectivity index (χ3n) is 3.50. The number of hydrogen-bond donors (Lipinski definition) is 0. The Morgan fingerprint density at radius 3 is 3.06 bits per heavy atom. The van der Waals surface area contributed by atoms with Gasteiger partial charge in [0, 0.05) is 31.4 Å². The van der Waals surface area contributed by atoms with Crippen molar-refractivity contribution < 1.29 is 0 Å². The molecule has 1 saturated heterocycles. The summed E-state index contributed by atoms with van der Waals surface area (Å²) in [6.45, 7) is 4.80. The van der Waals surface area contributed by atoms with Crippen LogP contribution < -0.4 is 0 Å². The molecule has 2 heterocycles. The zero-order chi connectivity index (χ0) is 13.0. The van der Waals surface area contributed by atoms with Crippen molar-refractivity contribution in [3.63, 3.8) is 0 Å². The van der Waals surface area contributed by atoms with E-state index in [9.17, 15) is 0 Å². The largest absolute Gasteiger partial charge is 0.306 e. The topological polar surface area (TPSA) is 19.4 Å². The molecule has 0 bridgehead atoms. The molecule has 1 atom stereocenters. The Morgan fingerprint density at radius 2 is 2.44 bits per heavy atom. The average Bonchev–Trinajstić information content (AvgIpc) is 2.95. The molecule has 1 unspecified atom stereocenters. The predicted octanol–water partition coefficient (Wildman–Crippen LogP) is 2.31. The van der Waals surface area contributed by atoms with Crippen LogP contribution in [0.15, 0.2) is 5.38 Å². The molecule has 102 valence electrons. The number of thiazole rings is 1. The van der Waals surface area contributed by atoms with Gasteiger partial charge in [0.25, 0.3) is 0 Å². The number of rotatable bonds is 6. The molecule has 18 heavy (non-hydrogen) atoms. The SMILES string of the molecule is CN(CCc1nc(CCl)cs1)CC1CCN(C)C1. The van der Waals surface area contributed by atoms with Crippen molar-refractivity contribution in [2.24, 2.45) is 5.92 Å². The van der Waals surface area contributed by atoms with Gasteiger partial charge in [-0.05, 0) is 33.0 Å². The molecule has 0 aliphatic carbocycles. The molecular formula is C13H22ClN3S. The summed E-state index contributed by atoms with van der Waals surface area (Å²) >= 11 is 7.49. The highest BCUT2D eigenvalue weighted by Gasteiger charge is 2.20. The molecule has 5 heteroatoms. The maximum Gasteiger partial charge on any atom is 0.0941 e. The number of likely N-dealkylation sites (tertiary alicyclic amines) is 1. The van der Waals surface area contributed by atoms with E-state index in [2.05, 4.69) is 34.3 Å². The van der Waals surface area contributed by atoms with Crippen LogP contribution in [0.3, 0.4) is 0 Å². The Balaban J connectivity index is 1.69. The summed E-state index contributed by atoms with van der Waals surface area (Å²) < 4.78 is 0. The highest BCUT2D eigenvalue weighted by Crippen LogP contribution is 2.16. The molecule has 0 radical (unpaired) electrons. The van der Waals surface area contributed by atoms with Crippen molar-refractivity contribution in [2.45, 2.75) is 18.7 Å². The van der Waals surface area contributed by atoms with E-state index >= 15 is 0 Å². The van der Waals surface area contributed by atoms with Gasteiger partial charge in [0.15, 0.2) is 0 Å². The van der Waals surface area contributed by atoms with Crippen molar-refractivity contribution in [3.8, 4) is 0 Å². The highest BCUT2D eigenvalue weighted by molar-refractivity contribution is 7.09. The van der Waals surface area contributed by atoms with E-state index in [1.165, 1.54) is 31.1 Å². The van der Waals surface area contributed by atoms with Gasteiger partial charge in [-0.25, -0.2) is 4.98 Å². The number of alkyl halides is 1. The molecule has 0 amide bonds. The number of hydrogen-bond acceptors (Lipinski definition) is 4. The lowest BCUT2D eigenvalue weighted by molar-refractivity contribution is 0.276. The number of halogens is 1. The Kier molecular flexibility index (Phi) is 5.42. The minimum Gasteiger partial charge on any atom is -0.306 e. The minimum absolute atomic E-state index is 0.529. The number of nitrogens with zero attached hydrogens (tertiary/aromatic N) is 3. The molecule has 1 aliphatic heterocycles. The fourth-order valence-corrected chi connectivity index (χ4v) is 3.53. The van der Waals surface area contributed by atoms with E-state index < -0.39 is 0 Å². The van der Waals surface area contributed by atoms with E-state index in [0.717, 1.165) is 24.6 Å². The molecule has 3 nitrogen and oxygen atoms in total. The predicted molar refractivity (Wildman–Crippen MR) is 78.5 cm³/mol. The fraction of sp³-hybridized carbons (Fsp3) is 0.769. The van der Waals surface area contributed by atoms with Crippen molar-refractivity contribution in [1.29, 1.82) is 0 Å². The van der Waals surface area contributed by atoms with Gasteiger partial charge >= 0.3 is 0 Å². The van der Waals surface area contributed by atoms with Gasteiger partial charge in [-0.1, -0.05) is 0 Å². The average molecular weight is 288 g/mol. The lowest BCUT2D eigenvalue weighted by atomic mass is 10.1. The monoisotopic (exact) mass is 287 g/mol. The quantitative estimate of drug-likeness (QED) is 0.749. The third kappa shape index (κ3) is 4.19. The summed E-state index contributed by atoms with van der Waals surface area (Å²) in [4.78, 5) is 9.36. The Morgan fingerprint density at radius 1 is 1.61 bits per heavy atom. The van der Waals surface area contributed by atoms with Crippen molar-refractivity contribution >= 4 is 22.9 Å². The second kappa shape index (κ2) is 6.85. The Bertz CT molecular complexity index is 369. The van der Waals surface area contributed by atoms with Crippen LogP contribution in [0.5, 0.6) is 0 Å². The molecule has 0 spiro atoms. The first-order chi connectivity index (χ1) is 8.67. The number of likely N-dealkylation sites (N-methyl/N-ethyl adjacent to an activating group) is 1. The number of aromatic nitrogens is 1. The fourth-order valence-electron chi connectivity index (χ4n) is 2.52. The van der Waals surface area contributed by atoms with Crippen LogP contribution in [-0.2, 0) is 12.3 Å². The molecule has 0 N–H and O–H groups in total. The zero-order valence-corrected chi connectivity index (χ0v) is 12.8. The summed E-state index contributed by atoms with van der Waals surface area (Å²) in [5, 5.41) is 3.27.